The lowest BCUT2D eigenvalue weighted by Crippen LogP contribution is -2.30. The predicted octanol–water partition coefficient (Wildman–Crippen LogP) is 4.06. The minimum atomic E-state index is -4.64. The number of hydrogen-bond acceptors (Lipinski definition) is 5. The quantitative estimate of drug-likeness (QED) is 0.590. The number of halogens is 3. The molecule has 1 saturated heterocycles. The normalized spacial score (nSPS) is 16.7. The second kappa shape index (κ2) is 8.40. The molecule has 0 aliphatic carbocycles. The number of alkyl halides is 3. The Balaban J connectivity index is 1.51. The van der Waals surface area contributed by atoms with Crippen molar-refractivity contribution in [3.8, 4) is 5.75 Å². The van der Waals surface area contributed by atoms with E-state index in [2.05, 4.69) is 15.1 Å². The number of ether oxygens (including phenoxy) is 1. The number of carbonyl (C=O) groups excluding carboxylic acids is 1. The summed E-state index contributed by atoms with van der Waals surface area (Å²) >= 11 is 0. The molecule has 2 aromatic heterocycles. The van der Waals surface area contributed by atoms with Crippen LogP contribution in [-0.4, -0.2) is 44.0 Å². The number of carbonyl (C=O) groups is 1. The summed E-state index contributed by atoms with van der Waals surface area (Å²) in [6, 6.07) is 7.74. The second-order valence-electron chi connectivity index (χ2n) is 7.92. The number of hydrogen-bond donors (Lipinski definition) is 0. The van der Waals surface area contributed by atoms with Crippen LogP contribution in [0.4, 0.5) is 13.2 Å². The van der Waals surface area contributed by atoms with Crippen molar-refractivity contribution >= 4 is 11.7 Å². The lowest BCUT2D eigenvalue weighted by atomic mass is 10.0. The first-order valence-corrected chi connectivity index (χ1v) is 10.4. The standard InChI is InChI=1S/C22H24F3N5O2/c1-13-17(14(2)30-21(26-13)27-20(28-30)22(23,24)25)10-11-19(31)29-12-4-5-18(29)15-6-8-16(32-3)9-7-15/h6-9,18H,4-5,10-12H2,1-3H3. The van der Waals surface area contributed by atoms with Gasteiger partial charge in [-0.2, -0.15) is 18.2 Å². The topological polar surface area (TPSA) is 72.6 Å². The van der Waals surface area contributed by atoms with Gasteiger partial charge in [0.25, 0.3) is 11.6 Å². The number of rotatable bonds is 5. The Hall–Kier alpha value is -3.17. The van der Waals surface area contributed by atoms with Gasteiger partial charge in [0, 0.05) is 24.4 Å². The van der Waals surface area contributed by atoms with E-state index < -0.39 is 12.0 Å². The number of aryl methyl sites for hydroxylation is 2. The van der Waals surface area contributed by atoms with Gasteiger partial charge in [-0.3, -0.25) is 4.79 Å². The fraction of sp³-hybridized carbons (Fsp3) is 0.455. The number of benzene rings is 1. The van der Waals surface area contributed by atoms with Crippen molar-refractivity contribution in [1.82, 2.24) is 24.5 Å². The van der Waals surface area contributed by atoms with E-state index in [-0.39, 0.29) is 24.1 Å². The molecule has 1 aromatic carbocycles. The average molecular weight is 447 g/mol. The summed E-state index contributed by atoms with van der Waals surface area (Å²) in [4.78, 5) is 22.6. The molecule has 0 saturated carbocycles. The molecule has 1 atom stereocenters. The molecule has 0 radical (unpaired) electrons. The van der Waals surface area contributed by atoms with Gasteiger partial charge in [-0.05, 0) is 56.4 Å². The molecule has 32 heavy (non-hydrogen) atoms. The van der Waals surface area contributed by atoms with Gasteiger partial charge in [-0.25, -0.2) is 9.50 Å². The molecule has 1 fully saturated rings. The molecular weight excluding hydrogens is 423 g/mol. The summed E-state index contributed by atoms with van der Waals surface area (Å²) in [5.41, 5.74) is 2.84. The van der Waals surface area contributed by atoms with Gasteiger partial charge in [0.05, 0.1) is 13.2 Å². The van der Waals surface area contributed by atoms with Crippen molar-refractivity contribution in [3.05, 3.63) is 52.6 Å². The molecule has 7 nitrogen and oxygen atoms in total. The maximum atomic E-state index is 13.0. The zero-order valence-corrected chi connectivity index (χ0v) is 18.1. The van der Waals surface area contributed by atoms with E-state index in [4.69, 9.17) is 4.74 Å². The summed E-state index contributed by atoms with van der Waals surface area (Å²) in [6.07, 6.45) is -2.22. The van der Waals surface area contributed by atoms with Crippen molar-refractivity contribution in [3.63, 3.8) is 0 Å². The third-order valence-corrected chi connectivity index (χ3v) is 5.97. The first-order valence-electron chi connectivity index (χ1n) is 10.4. The van der Waals surface area contributed by atoms with E-state index in [0.29, 0.717) is 29.9 Å². The lowest BCUT2D eigenvalue weighted by molar-refractivity contribution is -0.144. The minimum absolute atomic E-state index is 0.0109. The molecule has 3 heterocycles. The number of likely N-dealkylation sites (tertiary alicyclic amines) is 1. The van der Waals surface area contributed by atoms with E-state index in [1.807, 2.05) is 29.2 Å². The van der Waals surface area contributed by atoms with Crippen LogP contribution in [0.5, 0.6) is 5.75 Å². The Morgan fingerprint density at radius 3 is 2.56 bits per heavy atom. The average Bonchev–Trinajstić information content (AvgIpc) is 3.41. The minimum Gasteiger partial charge on any atom is -0.497 e. The Morgan fingerprint density at radius 1 is 1.19 bits per heavy atom. The molecule has 0 bridgehead atoms. The van der Waals surface area contributed by atoms with Gasteiger partial charge < -0.3 is 9.64 Å². The van der Waals surface area contributed by atoms with E-state index in [1.54, 1.807) is 21.0 Å². The Bertz CT molecular complexity index is 1140. The van der Waals surface area contributed by atoms with Crippen molar-refractivity contribution < 1.29 is 22.7 Å². The maximum absolute atomic E-state index is 13.0. The zero-order chi connectivity index (χ0) is 23.0. The highest BCUT2D eigenvalue weighted by atomic mass is 19.4. The van der Waals surface area contributed by atoms with E-state index >= 15 is 0 Å². The van der Waals surface area contributed by atoms with Gasteiger partial charge >= 0.3 is 6.18 Å². The van der Waals surface area contributed by atoms with Gasteiger partial charge in [0.15, 0.2) is 0 Å². The number of aromatic nitrogens is 4. The van der Waals surface area contributed by atoms with Crippen molar-refractivity contribution in [2.75, 3.05) is 13.7 Å². The smallest absolute Gasteiger partial charge is 0.453 e. The summed E-state index contributed by atoms with van der Waals surface area (Å²) in [7, 11) is 1.61. The molecule has 1 amide bonds. The van der Waals surface area contributed by atoms with Gasteiger partial charge in [-0.15, -0.1) is 5.10 Å². The molecular formula is C22H24F3N5O2. The maximum Gasteiger partial charge on any atom is 0.453 e. The van der Waals surface area contributed by atoms with Gasteiger partial charge in [0.2, 0.25) is 5.91 Å². The molecule has 0 N–H and O–H groups in total. The third kappa shape index (κ3) is 4.13. The molecule has 10 heteroatoms. The second-order valence-corrected chi connectivity index (χ2v) is 7.92. The first kappa shape index (κ1) is 22.0. The molecule has 1 aliphatic heterocycles. The first-order chi connectivity index (χ1) is 15.2. The summed E-state index contributed by atoms with van der Waals surface area (Å²) < 4.78 is 45.3. The van der Waals surface area contributed by atoms with E-state index in [9.17, 15) is 18.0 Å². The fourth-order valence-corrected chi connectivity index (χ4v) is 4.30. The summed E-state index contributed by atoms with van der Waals surface area (Å²) in [5.74, 6) is -0.543. The SMILES string of the molecule is COc1ccc(C2CCCN2C(=O)CCc2c(C)nc3nc(C(F)(F)F)nn3c2C)cc1. The molecule has 3 aromatic rings. The van der Waals surface area contributed by atoms with Crippen LogP contribution in [0.3, 0.4) is 0 Å². The molecule has 1 unspecified atom stereocenters. The third-order valence-electron chi connectivity index (χ3n) is 5.97. The fourth-order valence-electron chi connectivity index (χ4n) is 4.30. The number of fused-ring (bicyclic) bond motifs is 1. The van der Waals surface area contributed by atoms with E-state index in [1.165, 1.54) is 0 Å². The molecule has 1 aliphatic rings. The predicted molar refractivity (Wildman–Crippen MR) is 110 cm³/mol. The van der Waals surface area contributed by atoms with Crippen LogP contribution in [-0.2, 0) is 17.4 Å². The highest BCUT2D eigenvalue weighted by Gasteiger charge is 2.37. The van der Waals surface area contributed by atoms with Gasteiger partial charge in [-0.1, -0.05) is 12.1 Å². The molecule has 0 spiro atoms. The highest BCUT2D eigenvalue weighted by Crippen LogP contribution is 2.33. The monoisotopic (exact) mass is 447 g/mol. The van der Waals surface area contributed by atoms with Crippen LogP contribution in [0.25, 0.3) is 5.78 Å². The van der Waals surface area contributed by atoms with Crippen LogP contribution in [0.2, 0.25) is 0 Å². The Morgan fingerprint density at radius 2 is 1.91 bits per heavy atom. The van der Waals surface area contributed by atoms with Crippen LogP contribution in [0.1, 0.15) is 53.6 Å². The largest absolute Gasteiger partial charge is 0.497 e. The summed E-state index contributed by atoms with van der Waals surface area (Å²) in [5, 5.41) is 3.57. The summed E-state index contributed by atoms with van der Waals surface area (Å²) in [6.45, 7) is 4.07. The molecule has 170 valence electrons. The van der Waals surface area contributed by atoms with Gasteiger partial charge in [0.1, 0.15) is 5.75 Å². The number of amides is 1. The Labute approximate surface area is 183 Å². The van der Waals surface area contributed by atoms with Crippen LogP contribution < -0.4 is 4.74 Å². The highest BCUT2D eigenvalue weighted by molar-refractivity contribution is 5.77. The van der Waals surface area contributed by atoms with Crippen molar-refractivity contribution in [1.29, 1.82) is 0 Å². The van der Waals surface area contributed by atoms with Crippen molar-refractivity contribution in [2.24, 2.45) is 0 Å². The van der Waals surface area contributed by atoms with Crippen LogP contribution >= 0.6 is 0 Å². The molecule has 4 rings (SSSR count). The van der Waals surface area contributed by atoms with Crippen LogP contribution in [0, 0.1) is 13.8 Å². The lowest BCUT2D eigenvalue weighted by Gasteiger charge is -2.25. The number of nitrogens with zero attached hydrogens (tertiary/aromatic N) is 5. The zero-order valence-electron chi connectivity index (χ0n) is 18.1. The number of methoxy groups -OCH3 is 1. The van der Waals surface area contributed by atoms with Crippen LogP contribution in [0.15, 0.2) is 24.3 Å². The Kier molecular flexibility index (Phi) is 5.79. The van der Waals surface area contributed by atoms with E-state index in [0.717, 1.165) is 28.7 Å². The van der Waals surface area contributed by atoms with Crippen molar-refractivity contribution in [2.45, 2.75) is 51.7 Å².